The summed E-state index contributed by atoms with van der Waals surface area (Å²) in [6.07, 6.45) is 1.01. The molecule has 0 heterocycles. The number of rotatable bonds is 4. The van der Waals surface area contributed by atoms with Crippen LogP contribution in [-0.4, -0.2) is 37.2 Å². The van der Waals surface area contributed by atoms with E-state index in [1.165, 1.54) is 0 Å². The van der Waals surface area contributed by atoms with Crippen LogP contribution in [0.4, 0.5) is 0 Å². The highest BCUT2D eigenvalue weighted by Gasteiger charge is 1.91. The van der Waals surface area contributed by atoms with Crippen molar-refractivity contribution in [2.75, 3.05) is 27.2 Å². The van der Waals surface area contributed by atoms with Crippen molar-refractivity contribution in [3.05, 3.63) is 0 Å². The Morgan fingerprint density at radius 2 is 1.33 bits per heavy atom. The molecular formula is C5H16N4. The number of hydrogen-bond acceptors (Lipinski definition) is 4. The quantitative estimate of drug-likeness (QED) is 0.380. The minimum atomic E-state index is 0.890. The molecule has 0 saturated carbocycles. The molecule has 0 rings (SSSR count). The van der Waals surface area contributed by atoms with Crippen LogP contribution in [0.15, 0.2) is 0 Å². The van der Waals surface area contributed by atoms with Crippen molar-refractivity contribution >= 4 is 0 Å². The van der Waals surface area contributed by atoms with E-state index >= 15 is 0 Å². The average Bonchev–Trinajstić information content (AvgIpc) is 1.63. The average molecular weight is 132 g/mol. The minimum Gasteiger partial charge on any atom is -0.269 e. The molecule has 0 aliphatic heterocycles. The van der Waals surface area contributed by atoms with Gasteiger partial charge < -0.3 is 0 Å². The third-order valence-corrected chi connectivity index (χ3v) is 1.02. The van der Waals surface area contributed by atoms with Gasteiger partial charge in [0.25, 0.3) is 0 Å². The molecule has 0 amide bonds. The van der Waals surface area contributed by atoms with E-state index in [4.69, 9.17) is 11.7 Å². The van der Waals surface area contributed by atoms with Crippen molar-refractivity contribution in [1.82, 2.24) is 10.0 Å². The summed E-state index contributed by atoms with van der Waals surface area (Å²) in [5.74, 6) is 10.7. The van der Waals surface area contributed by atoms with Gasteiger partial charge in [0, 0.05) is 27.2 Å². The van der Waals surface area contributed by atoms with Gasteiger partial charge in [0.1, 0.15) is 0 Å². The molecule has 0 fully saturated rings. The fraction of sp³-hybridized carbons (Fsp3) is 1.00. The van der Waals surface area contributed by atoms with Crippen molar-refractivity contribution in [2.45, 2.75) is 6.42 Å². The molecule has 0 aromatic carbocycles. The Kier molecular flexibility index (Phi) is 4.61. The van der Waals surface area contributed by atoms with Crippen LogP contribution in [0.5, 0.6) is 0 Å². The highest BCUT2D eigenvalue weighted by atomic mass is 15.4. The summed E-state index contributed by atoms with van der Waals surface area (Å²) < 4.78 is 0. The summed E-state index contributed by atoms with van der Waals surface area (Å²) >= 11 is 0. The van der Waals surface area contributed by atoms with Gasteiger partial charge in [0.2, 0.25) is 0 Å². The Labute approximate surface area is 56.3 Å². The molecule has 0 spiro atoms. The highest BCUT2D eigenvalue weighted by molar-refractivity contribution is 4.44. The molecule has 4 heteroatoms. The van der Waals surface area contributed by atoms with Crippen LogP contribution >= 0.6 is 0 Å². The normalized spacial score (nSPS) is 11.3. The Morgan fingerprint density at radius 1 is 1.00 bits per heavy atom. The molecule has 0 aliphatic carbocycles. The second-order valence-corrected chi connectivity index (χ2v) is 2.31. The van der Waals surface area contributed by atoms with E-state index < -0.39 is 0 Å². The van der Waals surface area contributed by atoms with Crippen molar-refractivity contribution in [3.63, 3.8) is 0 Å². The fourth-order valence-electron chi connectivity index (χ4n) is 0.570. The van der Waals surface area contributed by atoms with Gasteiger partial charge >= 0.3 is 0 Å². The number of hydrogen-bond donors (Lipinski definition) is 2. The van der Waals surface area contributed by atoms with Crippen molar-refractivity contribution < 1.29 is 0 Å². The first-order valence-electron chi connectivity index (χ1n) is 3.04. The Bertz CT molecular complexity index is 54.0. The monoisotopic (exact) mass is 132 g/mol. The van der Waals surface area contributed by atoms with Gasteiger partial charge in [-0.1, -0.05) is 0 Å². The van der Waals surface area contributed by atoms with Gasteiger partial charge in [-0.05, 0) is 6.42 Å². The summed E-state index contributed by atoms with van der Waals surface area (Å²) in [6, 6.07) is 0. The van der Waals surface area contributed by atoms with Gasteiger partial charge in [0.15, 0.2) is 0 Å². The first-order valence-corrected chi connectivity index (χ1v) is 3.04. The van der Waals surface area contributed by atoms with Crippen LogP contribution in [0.2, 0.25) is 0 Å². The predicted molar refractivity (Wildman–Crippen MR) is 38.3 cm³/mol. The van der Waals surface area contributed by atoms with E-state index in [0.717, 1.165) is 19.5 Å². The van der Waals surface area contributed by atoms with Crippen LogP contribution in [0, 0.1) is 0 Å². The summed E-state index contributed by atoms with van der Waals surface area (Å²) in [7, 11) is 3.69. The molecular weight excluding hydrogens is 116 g/mol. The van der Waals surface area contributed by atoms with E-state index in [9.17, 15) is 0 Å². The molecule has 0 atom stereocenters. The molecule has 56 valence electrons. The zero-order valence-electron chi connectivity index (χ0n) is 6.17. The van der Waals surface area contributed by atoms with Crippen molar-refractivity contribution in [2.24, 2.45) is 11.7 Å². The van der Waals surface area contributed by atoms with E-state index in [1.807, 2.05) is 14.1 Å². The molecule has 0 radical (unpaired) electrons. The topological polar surface area (TPSA) is 58.5 Å². The van der Waals surface area contributed by atoms with E-state index in [1.54, 1.807) is 10.0 Å². The largest absolute Gasteiger partial charge is 0.269 e. The van der Waals surface area contributed by atoms with Gasteiger partial charge in [-0.15, -0.1) is 0 Å². The lowest BCUT2D eigenvalue weighted by Gasteiger charge is -2.11. The number of nitrogens with two attached hydrogens (primary N) is 2. The lowest BCUT2D eigenvalue weighted by atomic mass is 10.4. The lowest BCUT2D eigenvalue weighted by Crippen LogP contribution is -2.32. The molecule has 9 heavy (non-hydrogen) atoms. The maximum atomic E-state index is 5.35. The zero-order chi connectivity index (χ0) is 7.28. The third-order valence-electron chi connectivity index (χ3n) is 1.02. The SMILES string of the molecule is CN(N)CCCN(C)N. The maximum absolute atomic E-state index is 5.35. The Balaban J connectivity index is 2.91. The Morgan fingerprint density at radius 3 is 1.56 bits per heavy atom. The standard InChI is InChI=1S/C5H16N4/c1-8(6)4-3-5-9(2)7/h3-7H2,1-2H3. The van der Waals surface area contributed by atoms with E-state index in [-0.39, 0.29) is 0 Å². The third kappa shape index (κ3) is 7.84. The minimum absolute atomic E-state index is 0.890. The predicted octanol–water partition coefficient (Wildman–Crippen LogP) is -1.01. The van der Waals surface area contributed by atoms with Gasteiger partial charge in [0.05, 0.1) is 0 Å². The van der Waals surface area contributed by atoms with Gasteiger partial charge in [-0.25, -0.2) is 0 Å². The van der Waals surface area contributed by atoms with Crippen LogP contribution in [0.1, 0.15) is 6.42 Å². The zero-order valence-corrected chi connectivity index (χ0v) is 6.17. The number of nitrogens with zero attached hydrogens (tertiary/aromatic N) is 2. The molecule has 0 aromatic heterocycles. The first-order chi connectivity index (χ1) is 4.13. The van der Waals surface area contributed by atoms with Crippen LogP contribution in [-0.2, 0) is 0 Å². The molecule has 0 aliphatic rings. The molecule has 0 bridgehead atoms. The number of hydrazine groups is 2. The molecule has 4 N–H and O–H groups in total. The second-order valence-electron chi connectivity index (χ2n) is 2.31. The summed E-state index contributed by atoms with van der Waals surface area (Å²) in [5.41, 5.74) is 0. The van der Waals surface area contributed by atoms with E-state index in [2.05, 4.69) is 0 Å². The first kappa shape index (κ1) is 8.84. The lowest BCUT2D eigenvalue weighted by molar-refractivity contribution is 0.288. The van der Waals surface area contributed by atoms with Crippen molar-refractivity contribution in [3.8, 4) is 0 Å². The summed E-state index contributed by atoms with van der Waals surface area (Å²) in [5, 5.41) is 3.31. The van der Waals surface area contributed by atoms with E-state index in [0.29, 0.717) is 0 Å². The van der Waals surface area contributed by atoms with Crippen LogP contribution in [0.25, 0.3) is 0 Å². The summed E-state index contributed by atoms with van der Waals surface area (Å²) in [4.78, 5) is 0. The molecule has 0 saturated heterocycles. The van der Waals surface area contributed by atoms with Gasteiger partial charge in [-0.2, -0.15) is 0 Å². The maximum Gasteiger partial charge on any atom is 0.0138 e. The van der Waals surface area contributed by atoms with Crippen molar-refractivity contribution in [1.29, 1.82) is 0 Å². The second kappa shape index (κ2) is 4.69. The Hall–Kier alpha value is -0.160. The van der Waals surface area contributed by atoms with Gasteiger partial charge in [-0.3, -0.25) is 21.7 Å². The smallest absolute Gasteiger partial charge is 0.0138 e. The van der Waals surface area contributed by atoms with Crippen LogP contribution < -0.4 is 11.7 Å². The molecule has 4 nitrogen and oxygen atoms in total. The summed E-state index contributed by atoms with van der Waals surface area (Å²) in [6.45, 7) is 1.78. The van der Waals surface area contributed by atoms with Crippen LogP contribution in [0.3, 0.4) is 0 Å². The highest BCUT2D eigenvalue weighted by Crippen LogP contribution is 1.80. The molecule has 0 aromatic rings. The fourth-order valence-corrected chi connectivity index (χ4v) is 0.570. The molecule has 0 unspecified atom stereocenters.